The standard InChI is InChI=1S/C48H77N3O16/c1-29-16-14-12-10-8-6-4-5-7-9-11-13-15-17-35(66-47-45(61)44(50)40(59)28-64-47)24-41-43(46(62)51-30(2)27-49)39(58)26-48(63,67-41)25-34(54)22-38(57)36(55)19-18-32(52)21-33(53)23-42(60)65-31(3)20-37(29)56/h4-17,29-41,43-45,47,52-59,61,63H,18-28,49-50H2,1-3H3,(H,51,62)/b5-4+,8-6+,9-7+,12-10+,13-11+,16-14+,17-15+/t29-,30-,31-,32?,33?,34?,35?,36?,37-,38?,39-,40+,41-,43+,44-,45-,47-,48?/m0/s1. The summed E-state index contributed by atoms with van der Waals surface area (Å²) in [6, 6.07) is -1.61. The van der Waals surface area contributed by atoms with Crippen molar-refractivity contribution in [3.63, 3.8) is 0 Å². The SMILES string of the molecule is C[C@@H](CN)NC(=O)[C@H]1[C@@H]2CC(O[C@@H]3OC[C@@H](O)[C@H](N)[C@@H]3O)/C=C/C=C/C=C/C=C/C=C/C=C/C=C/[C@H](C)[C@@H](O)C[C@H](C)OC(=O)CC(O)CC(O)CCC(O)C(O)CC(O)CC(O)(C[C@@H]1O)O2. The summed E-state index contributed by atoms with van der Waals surface area (Å²) in [5, 5.41) is 111. The minimum atomic E-state index is -2.27. The lowest BCUT2D eigenvalue weighted by molar-refractivity contribution is -0.304. The number of nitrogens with one attached hydrogen (secondary N) is 1. The molecule has 67 heavy (non-hydrogen) atoms. The minimum absolute atomic E-state index is 0.0769. The fraction of sp³-hybridized carbons (Fsp3) is 0.667. The van der Waals surface area contributed by atoms with Crippen LogP contribution < -0.4 is 16.8 Å². The van der Waals surface area contributed by atoms with Crippen molar-refractivity contribution in [1.82, 2.24) is 5.32 Å². The van der Waals surface area contributed by atoms with Crippen molar-refractivity contribution >= 4 is 11.9 Å². The number of fused-ring (bicyclic) bond motifs is 2. The van der Waals surface area contributed by atoms with Gasteiger partial charge in [0.25, 0.3) is 0 Å². The number of aliphatic hydroxyl groups excluding tert-OH is 9. The summed E-state index contributed by atoms with van der Waals surface area (Å²) >= 11 is 0. The molecule has 0 aliphatic carbocycles. The van der Waals surface area contributed by atoms with Gasteiger partial charge >= 0.3 is 5.97 Å². The lowest BCUT2D eigenvalue weighted by atomic mass is 9.82. The van der Waals surface area contributed by atoms with Crippen LogP contribution in [0.4, 0.5) is 0 Å². The van der Waals surface area contributed by atoms with Crippen LogP contribution >= 0.6 is 0 Å². The van der Waals surface area contributed by atoms with E-state index in [-0.39, 0.29) is 51.2 Å². The Balaban J connectivity index is 1.90. The molecule has 18 atom stereocenters. The van der Waals surface area contributed by atoms with Gasteiger partial charge in [0.05, 0.1) is 86.0 Å². The molecule has 0 aromatic rings. The van der Waals surface area contributed by atoms with E-state index in [1.807, 2.05) is 37.3 Å². The zero-order chi connectivity index (χ0) is 49.7. The number of nitrogens with two attached hydrogens (primary N) is 2. The molecule has 2 fully saturated rings. The molecule has 3 aliphatic heterocycles. The minimum Gasteiger partial charge on any atom is -0.462 e. The number of carbonyl (C=O) groups is 2. The van der Waals surface area contributed by atoms with Crippen molar-refractivity contribution in [2.24, 2.45) is 23.3 Å². The molecule has 1 amide bonds. The van der Waals surface area contributed by atoms with Gasteiger partial charge in [-0.2, -0.15) is 0 Å². The summed E-state index contributed by atoms with van der Waals surface area (Å²) in [5.41, 5.74) is 11.8. The average molecular weight is 952 g/mol. The highest BCUT2D eigenvalue weighted by Gasteiger charge is 2.50. The molecule has 19 nitrogen and oxygen atoms in total. The Bertz CT molecular complexity index is 1690. The first-order valence-corrected chi connectivity index (χ1v) is 23.1. The molecule has 15 N–H and O–H groups in total. The summed E-state index contributed by atoms with van der Waals surface area (Å²) in [6.07, 6.45) is 5.71. The van der Waals surface area contributed by atoms with Gasteiger partial charge in [0.15, 0.2) is 12.1 Å². The van der Waals surface area contributed by atoms with Crippen molar-refractivity contribution in [3.8, 4) is 0 Å². The fourth-order valence-corrected chi connectivity index (χ4v) is 7.91. The predicted octanol–water partition coefficient (Wildman–Crippen LogP) is -0.544. The number of rotatable bonds is 5. The van der Waals surface area contributed by atoms with Crippen LogP contribution in [0.5, 0.6) is 0 Å². The van der Waals surface area contributed by atoms with Gasteiger partial charge in [0, 0.05) is 50.6 Å². The molecular formula is C48H77N3O16. The molecule has 0 aromatic carbocycles. The third-order valence-electron chi connectivity index (χ3n) is 11.8. The molecule has 3 aliphatic rings. The molecule has 19 heteroatoms. The third kappa shape index (κ3) is 21.0. The number of ether oxygens (including phenoxy) is 4. The van der Waals surface area contributed by atoms with Crippen molar-refractivity contribution in [2.75, 3.05) is 13.2 Å². The first-order valence-electron chi connectivity index (χ1n) is 23.1. The fourth-order valence-electron chi connectivity index (χ4n) is 7.91. The summed E-state index contributed by atoms with van der Waals surface area (Å²) in [4.78, 5) is 26.2. The molecule has 0 saturated carbocycles. The van der Waals surface area contributed by atoms with E-state index >= 15 is 0 Å². The molecule has 0 aromatic heterocycles. The number of hydrogen-bond donors (Lipinski definition) is 13. The van der Waals surface area contributed by atoms with Crippen LogP contribution in [0, 0.1) is 11.8 Å². The Morgan fingerprint density at radius 2 is 1.34 bits per heavy atom. The highest BCUT2D eigenvalue weighted by molar-refractivity contribution is 5.80. The lowest BCUT2D eigenvalue weighted by Crippen LogP contribution is -2.60. The van der Waals surface area contributed by atoms with Crippen molar-refractivity contribution in [2.45, 2.75) is 176 Å². The molecule has 2 saturated heterocycles. The van der Waals surface area contributed by atoms with E-state index in [0.717, 1.165) is 0 Å². The van der Waals surface area contributed by atoms with Gasteiger partial charge in [0.1, 0.15) is 12.2 Å². The molecule has 3 heterocycles. The van der Waals surface area contributed by atoms with Crippen LogP contribution in [0.15, 0.2) is 85.1 Å². The summed E-state index contributed by atoms with van der Waals surface area (Å²) in [7, 11) is 0. The van der Waals surface area contributed by atoms with Gasteiger partial charge in [-0.3, -0.25) is 9.59 Å². The first-order chi connectivity index (χ1) is 31.7. The molecule has 7 unspecified atom stereocenters. The number of aliphatic hydroxyl groups is 10. The molecule has 0 spiro atoms. The van der Waals surface area contributed by atoms with Gasteiger partial charge < -0.3 is 86.8 Å². The van der Waals surface area contributed by atoms with E-state index in [2.05, 4.69) is 5.32 Å². The smallest absolute Gasteiger partial charge is 0.308 e. The van der Waals surface area contributed by atoms with Crippen LogP contribution in [0.3, 0.4) is 0 Å². The second-order valence-corrected chi connectivity index (χ2v) is 18.0. The number of allylic oxidation sites excluding steroid dienone is 12. The quantitative estimate of drug-likeness (QED) is 0.154. The molecule has 3 rings (SSSR count). The highest BCUT2D eigenvalue weighted by Crippen LogP contribution is 2.38. The molecule has 380 valence electrons. The predicted molar refractivity (Wildman–Crippen MR) is 247 cm³/mol. The van der Waals surface area contributed by atoms with E-state index in [0.29, 0.717) is 0 Å². The number of amides is 1. The summed E-state index contributed by atoms with van der Waals surface area (Å²) in [6.45, 7) is 4.94. The maximum atomic E-state index is 13.7. The number of carbonyl (C=O) groups excluding carboxylic acids is 2. The van der Waals surface area contributed by atoms with Crippen molar-refractivity contribution in [3.05, 3.63) is 85.1 Å². The zero-order valence-corrected chi connectivity index (χ0v) is 38.8. The van der Waals surface area contributed by atoms with Crippen molar-refractivity contribution < 1.29 is 79.6 Å². The Morgan fingerprint density at radius 3 is 1.96 bits per heavy atom. The van der Waals surface area contributed by atoms with Crippen LogP contribution in [0.1, 0.15) is 78.6 Å². The molecule has 0 radical (unpaired) electrons. The van der Waals surface area contributed by atoms with E-state index in [4.69, 9.17) is 30.4 Å². The maximum absolute atomic E-state index is 13.7. The summed E-state index contributed by atoms with van der Waals surface area (Å²) in [5.74, 6) is -5.19. The Morgan fingerprint density at radius 1 is 0.746 bits per heavy atom. The van der Waals surface area contributed by atoms with Crippen LogP contribution in [0.2, 0.25) is 0 Å². The highest BCUT2D eigenvalue weighted by atomic mass is 16.7. The second kappa shape index (κ2) is 29.5. The average Bonchev–Trinajstić information content (AvgIpc) is 3.24. The lowest BCUT2D eigenvalue weighted by Gasteiger charge is -2.46. The van der Waals surface area contributed by atoms with Gasteiger partial charge in [-0.15, -0.1) is 0 Å². The van der Waals surface area contributed by atoms with Gasteiger partial charge in [-0.1, -0.05) is 92.0 Å². The van der Waals surface area contributed by atoms with Gasteiger partial charge in [0.2, 0.25) is 5.91 Å². The first kappa shape index (κ1) is 57.8. The van der Waals surface area contributed by atoms with Gasteiger partial charge in [-0.05, 0) is 33.1 Å². The van der Waals surface area contributed by atoms with E-state index in [1.165, 1.54) is 0 Å². The maximum Gasteiger partial charge on any atom is 0.308 e. The second-order valence-electron chi connectivity index (χ2n) is 18.0. The Labute approximate surface area is 393 Å². The van der Waals surface area contributed by atoms with Crippen LogP contribution in [-0.4, -0.2) is 174 Å². The largest absolute Gasteiger partial charge is 0.462 e. The number of esters is 1. The van der Waals surface area contributed by atoms with Gasteiger partial charge in [-0.25, -0.2) is 0 Å². The molecular weight excluding hydrogens is 875 g/mol. The van der Waals surface area contributed by atoms with E-state index < -0.39 is 141 Å². The topological polar surface area (TPSA) is 337 Å². The Kier molecular flexibility index (Phi) is 25.5. The van der Waals surface area contributed by atoms with E-state index in [1.54, 1.807) is 68.5 Å². The monoisotopic (exact) mass is 952 g/mol. The van der Waals surface area contributed by atoms with Crippen LogP contribution in [-0.2, 0) is 28.5 Å². The normalized spacial score (nSPS) is 42.7. The Hall–Kier alpha value is -3.48. The zero-order valence-electron chi connectivity index (χ0n) is 38.8. The third-order valence-corrected chi connectivity index (χ3v) is 11.8. The van der Waals surface area contributed by atoms with E-state index in [9.17, 15) is 60.7 Å². The van der Waals surface area contributed by atoms with Crippen LogP contribution in [0.25, 0.3) is 0 Å². The molecule has 2 bridgehead atoms. The number of hydrogen-bond acceptors (Lipinski definition) is 18. The summed E-state index contributed by atoms with van der Waals surface area (Å²) < 4.78 is 23.2. The van der Waals surface area contributed by atoms with Crippen molar-refractivity contribution in [1.29, 1.82) is 0 Å². The number of cyclic esters (lactones) is 1.